The molecule has 0 fully saturated rings. The van der Waals surface area contributed by atoms with Gasteiger partial charge < -0.3 is 0 Å². The topological polar surface area (TPSA) is 42.9 Å². The maximum atomic E-state index is 11.3. The summed E-state index contributed by atoms with van der Waals surface area (Å²) in [7, 11) is 0. The van der Waals surface area contributed by atoms with Gasteiger partial charge in [0.2, 0.25) is 0 Å². The molecule has 18 heavy (non-hydrogen) atoms. The lowest BCUT2D eigenvalue weighted by atomic mass is 10.1. The summed E-state index contributed by atoms with van der Waals surface area (Å²) in [6.45, 7) is 1.48. The largest absolute Gasteiger partial charge is 0.291 e. The molecule has 0 saturated heterocycles. The van der Waals surface area contributed by atoms with Gasteiger partial charge in [-0.05, 0) is 12.1 Å². The van der Waals surface area contributed by atoms with Crippen LogP contribution < -0.4 is 0 Å². The molecule has 0 aliphatic rings. The van der Waals surface area contributed by atoms with Gasteiger partial charge in [0, 0.05) is 34.2 Å². The van der Waals surface area contributed by atoms with E-state index in [0.29, 0.717) is 0 Å². The van der Waals surface area contributed by atoms with Gasteiger partial charge in [0.25, 0.3) is 0 Å². The number of thiophene rings is 1. The Morgan fingerprint density at radius 1 is 1.22 bits per heavy atom. The first-order chi connectivity index (χ1) is 8.75. The lowest BCUT2D eigenvalue weighted by molar-refractivity contribution is 0.100. The minimum Gasteiger partial charge on any atom is -0.291 e. The smallest absolute Gasteiger partial charge is 0.196 e. The van der Waals surface area contributed by atoms with Crippen molar-refractivity contribution in [3.05, 3.63) is 47.7 Å². The van der Waals surface area contributed by atoms with Crippen LogP contribution in [0, 0.1) is 0 Å². The van der Waals surface area contributed by atoms with E-state index < -0.39 is 0 Å². The third-order valence-electron chi connectivity index (χ3n) is 2.73. The Hall–Kier alpha value is -2.07. The van der Waals surface area contributed by atoms with Gasteiger partial charge in [-0.3, -0.25) is 4.79 Å². The van der Waals surface area contributed by atoms with Gasteiger partial charge in [0.15, 0.2) is 11.6 Å². The van der Waals surface area contributed by atoms with Gasteiger partial charge in [-0.25, -0.2) is 9.97 Å². The van der Waals surface area contributed by atoms with Crippen molar-refractivity contribution in [3.63, 3.8) is 0 Å². The number of benzene rings is 1. The highest BCUT2D eigenvalue weighted by Gasteiger charge is 2.09. The molecule has 0 unspecified atom stereocenters. The summed E-state index contributed by atoms with van der Waals surface area (Å²) in [5.41, 5.74) is 1.85. The van der Waals surface area contributed by atoms with Crippen LogP contribution in [0.2, 0.25) is 0 Å². The summed E-state index contributed by atoms with van der Waals surface area (Å²) in [6.07, 6.45) is 1.63. The molecule has 3 rings (SSSR count). The molecule has 0 bridgehead atoms. The lowest BCUT2D eigenvalue weighted by Crippen LogP contribution is -2.01. The monoisotopic (exact) mass is 254 g/mol. The van der Waals surface area contributed by atoms with Gasteiger partial charge >= 0.3 is 0 Å². The Morgan fingerprint density at radius 2 is 2.06 bits per heavy atom. The normalized spacial score (nSPS) is 10.7. The zero-order valence-corrected chi connectivity index (χ0v) is 10.6. The van der Waals surface area contributed by atoms with E-state index in [1.54, 1.807) is 17.5 Å². The van der Waals surface area contributed by atoms with E-state index in [4.69, 9.17) is 0 Å². The maximum absolute atomic E-state index is 11.3. The molecule has 1 aromatic carbocycles. The quantitative estimate of drug-likeness (QED) is 0.657. The second kappa shape index (κ2) is 4.31. The predicted molar refractivity (Wildman–Crippen MR) is 72.9 cm³/mol. The van der Waals surface area contributed by atoms with Crippen molar-refractivity contribution in [2.24, 2.45) is 0 Å². The third kappa shape index (κ3) is 1.80. The Bertz CT molecular complexity index is 733. The van der Waals surface area contributed by atoms with Crippen molar-refractivity contribution < 1.29 is 4.79 Å². The maximum Gasteiger partial charge on any atom is 0.196 e. The lowest BCUT2D eigenvalue weighted by Gasteiger charge is -2.00. The van der Waals surface area contributed by atoms with Crippen molar-refractivity contribution in [3.8, 4) is 11.3 Å². The molecule has 0 N–H and O–H groups in total. The van der Waals surface area contributed by atoms with E-state index in [-0.39, 0.29) is 11.6 Å². The van der Waals surface area contributed by atoms with E-state index in [9.17, 15) is 4.79 Å². The summed E-state index contributed by atoms with van der Waals surface area (Å²) >= 11 is 1.68. The molecule has 0 spiro atoms. The van der Waals surface area contributed by atoms with Crippen LogP contribution in [0.25, 0.3) is 21.3 Å². The highest BCUT2D eigenvalue weighted by atomic mass is 32.1. The van der Waals surface area contributed by atoms with Gasteiger partial charge in [-0.2, -0.15) is 0 Å². The Labute approximate surface area is 108 Å². The van der Waals surface area contributed by atoms with Crippen molar-refractivity contribution in [2.75, 3.05) is 0 Å². The third-order valence-corrected chi connectivity index (χ3v) is 3.69. The number of rotatable bonds is 2. The number of carbonyl (C=O) groups excluding carboxylic acids is 1. The fourth-order valence-electron chi connectivity index (χ4n) is 1.85. The van der Waals surface area contributed by atoms with Gasteiger partial charge in [0.05, 0.1) is 5.69 Å². The number of nitrogens with zero attached hydrogens (tertiary/aromatic N) is 2. The minimum atomic E-state index is -0.114. The van der Waals surface area contributed by atoms with Crippen LogP contribution in [0.4, 0.5) is 0 Å². The van der Waals surface area contributed by atoms with E-state index in [1.807, 2.05) is 18.2 Å². The molecule has 0 aliphatic heterocycles. The predicted octanol–water partition coefficient (Wildman–Crippen LogP) is 3.56. The van der Waals surface area contributed by atoms with Gasteiger partial charge in [-0.15, -0.1) is 11.3 Å². The van der Waals surface area contributed by atoms with Crippen LogP contribution in [0.1, 0.15) is 17.5 Å². The molecular weight excluding hydrogens is 244 g/mol. The number of ketones is 1. The zero-order valence-electron chi connectivity index (χ0n) is 9.75. The second-order valence-electron chi connectivity index (χ2n) is 3.97. The Morgan fingerprint density at radius 3 is 2.89 bits per heavy atom. The highest BCUT2D eigenvalue weighted by molar-refractivity contribution is 7.17. The number of Topliss-reactive ketones (excluding diaryl/α,β-unsaturated/α-hetero) is 1. The van der Waals surface area contributed by atoms with E-state index in [1.165, 1.54) is 11.6 Å². The summed E-state index contributed by atoms with van der Waals surface area (Å²) < 4.78 is 1.22. The Kier molecular flexibility index (Phi) is 2.64. The first-order valence-corrected chi connectivity index (χ1v) is 6.44. The van der Waals surface area contributed by atoms with Crippen LogP contribution in [0.5, 0.6) is 0 Å². The van der Waals surface area contributed by atoms with E-state index >= 15 is 0 Å². The number of hydrogen-bond donors (Lipinski definition) is 0. The van der Waals surface area contributed by atoms with Crippen molar-refractivity contribution >= 4 is 27.2 Å². The molecule has 0 saturated carbocycles. The summed E-state index contributed by atoms with van der Waals surface area (Å²) in [4.78, 5) is 19.6. The first kappa shape index (κ1) is 11.0. The van der Waals surface area contributed by atoms with E-state index in [0.717, 1.165) is 16.6 Å². The van der Waals surface area contributed by atoms with Crippen LogP contribution in [0.15, 0.2) is 41.9 Å². The highest BCUT2D eigenvalue weighted by Crippen LogP contribution is 2.32. The molecule has 2 aromatic heterocycles. The Balaban J connectivity index is 2.20. The average Bonchev–Trinajstić information content (AvgIpc) is 2.82. The summed E-state index contributed by atoms with van der Waals surface area (Å²) in [5.74, 6) is 0.152. The number of aromatic nitrogens is 2. The van der Waals surface area contributed by atoms with Gasteiger partial charge in [-0.1, -0.05) is 18.2 Å². The van der Waals surface area contributed by atoms with E-state index in [2.05, 4.69) is 27.5 Å². The fourth-order valence-corrected chi connectivity index (χ4v) is 2.81. The molecular formula is C14H10N2OS. The van der Waals surface area contributed by atoms with Crippen LogP contribution in [-0.4, -0.2) is 15.8 Å². The summed E-state index contributed by atoms with van der Waals surface area (Å²) in [5, 5.41) is 3.23. The van der Waals surface area contributed by atoms with Crippen LogP contribution in [-0.2, 0) is 0 Å². The summed E-state index contributed by atoms with van der Waals surface area (Å²) in [6, 6.07) is 10.0. The molecule has 0 aliphatic carbocycles. The average molecular weight is 254 g/mol. The van der Waals surface area contributed by atoms with Crippen molar-refractivity contribution in [2.45, 2.75) is 6.92 Å². The number of carbonyl (C=O) groups is 1. The van der Waals surface area contributed by atoms with Gasteiger partial charge in [0.1, 0.15) is 0 Å². The standard InChI is InChI=1S/C14H10N2OS/c1-9(17)14-15-7-6-12(16-14)11-8-18-13-5-3-2-4-10(11)13/h2-8H,1H3. The molecule has 2 heterocycles. The molecule has 0 atom stereocenters. The fraction of sp³-hybridized carbons (Fsp3) is 0.0714. The molecule has 0 amide bonds. The zero-order chi connectivity index (χ0) is 12.5. The molecule has 3 nitrogen and oxygen atoms in total. The second-order valence-corrected chi connectivity index (χ2v) is 4.88. The molecule has 88 valence electrons. The first-order valence-electron chi connectivity index (χ1n) is 5.56. The number of fused-ring (bicyclic) bond motifs is 1. The van der Waals surface area contributed by atoms with Crippen molar-refractivity contribution in [1.29, 1.82) is 0 Å². The van der Waals surface area contributed by atoms with Crippen LogP contribution in [0.3, 0.4) is 0 Å². The molecule has 0 radical (unpaired) electrons. The molecule has 4 heteroatoms. The number of hydrogen-bond acceptors (Lipinski definition) is 4. The SMILES string of the molecule is CC(=O)c1nccc(-c2csc3ccccc23)n1. The molecule has 3 aromatic rings. The minimum absolute atomic E-state index is 0.114. The van der Waals surface area contributed by atoms with Crippen molar-refractivity contribution in [1.82, 2.24) is 9.97 Å². The van der Waals surface area contributed by atoms with Crippen LogP contribution >= 0.6 is 11.3 Å².